The largest absolute Gasteiger partial charge is 0.293 e. The highest BCUT2D eigenvalue weighted by Crippen LogP contribution is 2.34. The standard InChI is InChI=1S/C18H18O/c1-3-18(4-2,16-13-9-6-10-14-16)17(19)15-11-7-5-8-12-15/h5-14H,1-4H2. The van der Waals surface area contributed by atoms with Crippen LogP contribution < -0.4 is 0 Å². The molecule has 0 saturated carbocycles. The first-order valence-electron chi connectivity index (χ1n) is 6.48. The van der Waals surface area contributed by atoms with Gasteiger partial charge in [0.1, 0.15) is 0 Å². The molecule has 19 heavy (non-hydrogen) atoms. The molecule has 0 aliphatic carbocycles. The summed E-state index contributed by atoms with van der Waals surface area (Å²) in [7, 11) is 0. The monoisotopic (exact) mass is 250 g/mol. The fourth-order valence-corrected chi connectivity index (χ4v) is 2.39. The molecule has 0 aromatic heterocycles. The second kappa shape index (κ2) is 5.83. The SMILES string of the molecule is [CH2]CC(C[CH2])(C(=O)c1ccccc1)c1ccccc1. The third-order valence-electron chi connectivity index (χ3n) is 3.65. The molecule has 0 amide bonds. The predicted octanol–water partition coefficient (Wildman–Crippen LogP) is 4.26. The van der Waals surface area contributed by atoms with E-state index in [0.29, 0.717) is 12.8 Å². The van der Waals surface area contributed by atoms with Crippen LogP contribution in [-0.4, -0.2) is 5.78 Å². The number of ketones is 1. The van der Waals surface area contributed by atoms with E-state index < -0.39 is 5.41 Å². The Morgan fingerprint density at radius 3 is 1.79 bits per heavy atom. The zero-order chi connectivity index (χ0) is 13.7. The van der Waals surface area contributed by atoms with Crippen molar-refractivity contribution in [3.63, 3.8) is 0 Å². The highest BCUT2D eigenvalue weighted by Gasteiger charge is 2.36. The van der Waals surface area contributed by atoms with E-state index in [1.54, 1.807) is 0 Å². The highest BCUT2D eigenvalue weighted by molar-refractivity contribution is 6.04. The second-order valence-corrected chi connectivity index (χ2v) is 4.64. The van der Waals surface area contributed by atoms with Crippen molar-refractivity contribution >= 4 is 5.78 Å². The van der Waals surface area contributed by atoms with Crippen molar-refractivity contribution < 1.29 is 4.79 Å². The van der Waals surface area contributed by atoms with Crippen LogP contribution in [0.15, 0.2) is 60.7 Å². The van der Waals surface area contributed by atoms with Gasteiger partial charge in [0.15, 0.2) is 5.78 Å². The maximum Gasteiger partial charge on any atom is 0.173 e. The maximum atomic E-state index is 12.8. The molecule has 0 bridgehead atoms. The van der Waals surface area contributed by atoms with Crippen LogP contribution in [0.3, 0.4) is 0 Å². The average Bonchev–Trinajstić information content (AvgIpc) is 2.51. The minimum Gasteiger partial charge on any atom is -0.293 e. The maximum absolute atomic E-state index is 12.8. The Hall–Kier alpha value is -1.89. The smallest absolute Gasteiger partial charge is 0.173 e. The molecule has 2 aromatic carbocycles. The minimum absolute atomic E-state index is 0.101. The second-order valence-electron chi connectivity index (χ2n) is 4.64. The summed E-state index contributed by atoms with van der Waals surface area (Å²) in [5.74, 6) is 0.101. The number of Topliss-reactive ketones (excluding diaryl/α,β-unsaturated/α-hetero) is 1. The first kappa shape index (κ1) is 13.5. The molecule has 2 aromatic rings. The van der Waals surface area contributed by atoms with Crippen LogP contribution in [0.4, 0.5) is 0 Å². The van der Waals surface area contributed by atoms with Gasteiger partial charge in [0, 0.05) is 5.56 Å². The minimum atomic E-state index is -0.622. The fourth-order valence-electron chi connectivity index (χ4n) is 2.39. The Kier molecular flexibility index (Phi) is 4.16. The van der Waals surface area contributed by atoms with E-state index in [1.165, 1.54) is 0 Å². The van der Waals surface area contributed by atoms with Crippen LogP contribution in [0.1, 0.15) is 28.8 Å². The van der Waals surface area contributed by atoms with Gasteiger partial charge >= 0.3 is 0 Å². The molecular formula is C18H18O. The van der Waals surface area contributed by atoms with E-state index in [4.69, 9.17) is 0 Å². The first-order valence-corrected chi connectivity index (χ1v) is 6.48. The molecule has 2 radical (unpaired) electrons. The molecule has 0 N–H and O–H groups in total. The van der Waals surface area contributed by atoms with Crippen LogP contribution in [0.2, 0.25) is 0 Å². The van der Waals surface area contributed by atoms with E-state index in [1.807, 2.05) is 60.7 Å². The van der Waals surface area contributed by atoms with Crippen molar-refractivity contribution in [1.82, 2.24) is 0 Å². The lowest BCUT2D eigenvalue weighted by molar-refractivity contribution is 0.0883. The number of benzene rings is 2. The van der Waals surface area contributed by atoms with Crippen molar-refractivity contribution in [2.45, 2.75) is 18.3 Å². The Morgan fingerprint density at radius 2 is 1.32 bits per heavy atom. The molecule has 0 aliphatic rings. The van der Waals surface area contributed by atoms with Gasteiger partial charge in [0.05, 0.1) is 5.41 Å². The van der Waals surface area contributed by atoms with Crippen molar-refractivity contribution in [3.05, 3.63) is 85.6 Å². The molecule has 0 spiro atoms. The van der Waals surface area contributed by atoms with E-state index >= 15 is 0 Å². The summed E-state index contributed by atoms with van der Waals surface area (Å²) in [6, 6.07) is 19.2. The number of rotatable bonds is 5. The lowest BCUT2D eigenvalue weighted by atomic mass is 9.70. The van der Waals surface area contributed by atoms with Gasteiger partial charge in [-0.15, -0.1) is 0 Å². The third kappa shape index (κ3) is 2.46. The molecule has 0 aliphatic heterocycles. The fraction of sp³-hybridized carbons (Fsp3) is 0.167. The summed E-state index contributed by atoms with van der Waals surface area (Å²) < 4.78 is 0. The van der Waals surface area contributed by atoms with Gasteiger partial charge in [-0.2, -0.15) is 0 Å². The Morgan fingerprint density at radius 1 is 0.842 bits per heavy atom. The number of carbonyl (C=O) groups is 1. The molecule has 1 heteroatoms. The summed E-state index contributed by atoms with van der Waals surface area (Å²) >= 11 is 0. The lowest BCUT2D eigenvalue weighted by Crippen LogP contribution is -2.35. The summed E-state index contributed by atoms with van der Waals surface area (Å²) in [4.78, 5) is 12.8. The number of hydrogen-bond acceptors (Lipinski definition) is 1. The Bertz CT molecular complexity index is 524. The van der Waals surface area contributed by atoms with E-state index in [2.05, 4.69) is 13.8 Å². The van der Waals surface area contributed by atoms with Crippen molar-refractivity contribution in [2.75, 3.05) is 0 Å². The summed E-state index contributed by atoms with van der Waals surface area (Å²) in [5, 5.41) is 0. The van der Waals surface area contributed by atoms with E-state index in [-0.39, 0.29) is 5.78 Å². The molecule has 0 unspecified atom stereocenters. The van der Waals surface area contributed by atoms with E-state index in [0.717, 1.165) is 11.1 Å². The summed E-state index contributed by atoms with van der Waals surface area (Å²) in [5.41, 5.74) is 1.09. The van der Waals surface area contributed by atoms with Gasteiger partial charge in [0.25, 0.3) is 0 Å². The molecule has 0 saturated heterocycles. The van der Waals surface area contributed by atoms with Crippen LogP contribution in [0.5, 0.6) is 0 Å². The van der Waals surface area contributed by atoms with Crippen LogP contribution in [-0.2, 0) is 5.41 Å². The third-order valence-corrected chi connectivity index (χ3v) is 3.65. The zero-order valence-electron chi connectivity index (χ0n) is 11.0. The topological polar surface area (TPSA) is 17.1 Å². The Labute approximate surface area is 115 Å². The predicted molar refractivity (Wildman–Crippen MR) is 78.8 cm³/mol. The van der Waals surface area contributed by atoms with Crippen LogP contribution in [0.25, 0.3) is 0 Å². The van der Waals surface area contributed by atoms with Crippen LogP contribution >= 0.6 is 0 Å². The van der Waals surface area contributed by atoms with Crippen molar-refractivity contribution in [2.24, 2.45) is 0 Å². The average molecular weight is 250 g/mol. The highest BCUT2D eigenvalue weighted by atomic mass is 16.1. The molecule has 1 nitrogen and oxygen atoms in total. The Balaban J connectivity index is 2.49. The quantitative estimate of drug-likeness (QED) is 0.725. The molecule has 0 fully saturated rings. The van der Waals surface area contributed by atoms with Crippen molar-refractivity contribution in [1.29, 1.82) is 0 Å². The zero-order valence-corrected chi connectivity index (χ0v) is 11.0. The van der Waals surface area contributed by atoms with Crippen molar-refractivity contribution in [3.8, 4) is 0 Å². The van der Waals surface area contributed by atoms with Gasteiger partial charge in [-0.3, -0.25) is 4.79 Å². The molecule has 0 atom stereocenters. The van der Waals surface area contributed by atoms with Gasteiger partial charge in [0.2, 0.25) is 0 Å². The van der Waals surface area contributed by atoms with Gasteiger partial charge in [-0.25, -0.2) is 0 Å². The first-order chi connectivity index (χ1) is 9.24. The number of carbonyl (C=O) groups excluding carboxylic acids is 1. The van der Waals surface area contributed by atoms with Crippen LogP contribution in [0, 0.1) is 13.8 Å². The summed E-state index contributed by atoms with van der Waals surface area (Å²) in [6.45, 7) is 7.98. The molecular weight excluding hydrogens is 232 g/mol. The number of hydrogen-bond donors (Lipinski definition) is 0. The summed E-state index contributed by atoms with van der Waals surface area (Å²) in [6.07, 6.45) is 1.02. The van der Waals surface area contributed by atoms with Gasteiger partial charge in [-0.1, -0.05) is 74.5 Å². The normalized spacial score (nSPS) is 11.3. The van der Waals surface area contributed by atoms with Gasteiger partial charge in [-0.05, 0) is 18.4 Å². The van der Waals surface area contributed by atoms with Gasteiger partial charge < -0.3 is 0 Å². The molecule has 2 rings (SSSR count). The lowest BCUT2D eigenvalue weighted by Gasteiger charge is -2.30. The van der Waals surface area contributed by atoms with E-state index in [9.17, 15) is 4.79 Å². The molecule has 96 valence electrons. The molecule has 0 heterocycles.